The monoisotopic (exact) mass is 503 g/mol. The predicted molar refractivity (Wildman–Crippen MR) is 110 cm³/mol. The summed E-state index contributed by atoms with van der Waals surface area (Å²) in [5, 5.41) is 17.1. The average Bonchev–Trinajstić information content (AvgIpc) is 2.64. The summed E-state index contributed by atoms with van der Waals surface area (Å²) in [7, 11) is -14.6. The fourth-order valence-electron chi connectivity index (χ4n) is 2.80. The molecule has 32 heavy (non-hydrogen) atoms. The van der Waals surface area contributed by atoms with Crippen molar-refractivity contribution in [1.82, 2.24) is 0 Å². The molecule has 0 aliphatic carbocycles. The molecule has 0 spiro atoms. The van der Waals surface area contributed by atoms with Gasteiger partial charge in [0.2, 0.25) is 0 Å². The molecule has 0 fully saturated rings. The maximum absolute atomic E-state index is 11.9. The SMILES string of the molecule is Nc1cc(S(=O)(=O)O)cc2cc(S(=O)(=O)O)c(N=Nc3ccccc3S(=O)(=O)O)c(O)c12. The summed E-state index contributed by atoms with van der Waals surface area (Å²) in [5.74, 6) is -0.942. The smallest absolute Gasteiger partial charge is 0.296 e. The molecule has 0 saturated carbocycles. The molecule has 3 aromatic carbocycles. The van der Waals surface area contributed by atoms with Gasteiger partial charge in [0.1, 0.15) is 21.2 Å². The van der Waals surface area contributed by atoms with Gasteiger partial charge in [0.25, 0.3) is 30.4 Å². The molecule has 6 N–H and O–H groups in total. The number of rotatable bonds is 5. The van der Waals surface area contributed by atoms with Crippen LogP contribution in [0.15, 0.2) is 67.4 Å². The Morgan fingerprint density at radius 1 is 0.750 bits per heavy atom. The van der Waals surface area contributed by atoms with E-state index in [0.29, 0.717) is 0 Å². The number of nitrogen functional groups attached to an aromatic ring is 1. The topological polar surface area (TPSA) is 234 Å². The number of phenols is 1. The largest absolute Gasteiger partial charge is 0.505 e. The van der Waals surface area contributed by atoms with Crippen molar-refractivity contribution in [1.29, 1.82) is 0 Å². The molecule has 0 unspecified atom stereocenters. The lowest BCUT2D eigenvalue weighted by Gasteiger charge is -2.12. The number of anilines is 1. The fraction of sp³-hybridized carbons (Fsp3) is 0. The first-order valence-electron chi connectivity index (χ1n) is 8.13. The predicted octanol–water partition coefficient (Wildman–Crippen LogP) is 2.28. The number of fused-ring (bicyclic) bond motifs is 1. The number of nitrogens with two attached hydrogens (primary N) is 1. The molecule has 16 heteroatoms. The molecule has 3 rings (SSSR count). The van der Waals surface area contributed by atoms with Crippen LogP contribution in [0.4, 0.5) is 17.1 Å². The molecule has 0 heterocycles. The number of benzene rings is 3. The molecule has 13 nitrogen and oxygen atoms in total. The lowest BCUT2D eigenvalue weighted by Crippen LogP contribution is -2.02. The van der Waals surface area contributed by atoms with E-state index in [4.69, 9.17) is 5.73 Å². The van der Waals surface area contributed by atoms with Gasteiger partial charge < -0.3 is 10.8 Å². The molecule has 0 bridgehead atoms. The number of hydrogen-bond donors (Lipinski definition) is 5. The highest BCUT2D eigenvalue weighted by atomic mass is 32.2. The summed E-state index contributed by atoms with van der Waals surface area (Å²) in [5.41, 5.74) is 4.06. The van der Waals surface area contributed by atoms with E-state index >= 15 is 0 Å². The van der Waals surface area contributed by atoms with Crippen LogP contribution in [0.2, 0.25) is 0 Å². The number of hydrogen-bond acceptors (Lipinski definition) is 10. The van der Waals surface area contributed by atoms with Crippen LogP contribution in [-0.4, -0.2) is 44.0 Å². The van der Waals surface area contributed by atoms with Gasteiger partial charge >= 0.3 is 0 Å². The van der Waals surface area contributed by atoms with Crippen LogP contribution < -0.4 is 5.73 Å². The van der Waals surface area contributed by atoms with Crippen LogP contribution in [0.25, 0.3) is 10.8 Å². The quantitative estimate of drug-likeness (QED) is 0.192. The van der Waals surface area contributed by atoms with E-state index in [-0.39, 0.29) is 10.8 Å². The molecule has 0 aromatic heterocycles. The molecule has 0 saturated heterocycles. The molecule has 3 aromatic rings. The van der Waals surface area contributed by atoms with Crippen molar-refractivity contribution >= 4 is 58.2 Å². The number of nitrogens with zero attached hydrogens (tertiary/aromatic N) is 2. The molecule has 0 amide bonds. The molecule has 0 atom stereocenters. The van der Waals surface area contributed by atoms with Gasteiger partial charge in [-0.3, -0.25) is 13.7 Å². The Bertz CT molecular complexity index is 1610. The third kappa shape index (κ3) is 4.54. The average molecular weight is 503 g/mol. The van der Waals surface area contributed by atoms with Gasteiger partial charge in [-0.25, -0.2) is 0 Å². The van der Waals surface area contributed by atoms with E-state index < -0.39 is 67.9 Å². The minimum Gasteiger partial charge on any atom is -0.505 e. The van der Waals surface area contributed by atoms with Crippen molar-refractivity contribution in [2.75, 3.05) is 5.73 Å². The van der Waals surface area contributed by atoms with Gasteiger partial charge in [0.05, 0.1) is 4.90 Å². The Morgan fingerprint density at radius 3 is 1.91 bits per heavy atom. The van der Waals surface area contributed by atoms with Gasteiger partial charge in [-0.05, 0) is 35.7 Å². The molecular weight excluding hydrogens is 490 g/mol. The van der Waals surface area contributed by atoms with Gasteiger partial charge in [-0.1, -0.05) is 12.1 Å². The van der Waals surface area contributed by atoms with Crippen molar-refractivity contribution in [3.8, 4) is 5.75 Å². The van der Waals surface area contributed by atoms with Crippen molar-refractivity contribution in [3.63, 3.8) is 0 Å². The summed E-state index contributed by atoms with van der Waals surface area (Å²) >= 11 is 0. The Morgan fingerprint density at radius 2 is 1.34 bits per heavy atom. The third-order valence-electron chi connectivity index (χ3n) is 4.13. The highest BCUT2D eigenvalue weighted by Gasteiger charge is 2.25. The Labute approximate surface area is 181 Å². The first kappa shape index (κ1) is 23.5. The van der Waals surface area contributed by atoms with Gasteiger partial charge in [0, 0.05) is 11.1 Å². The van der Waals surface area contributed by atoms with Crippen molar-refractivity contribution in [3.05, 3.63) is 42.5 Å². The lowest BCUT2D eigenvalue weighted by molar-refractivity contribution is 0.472. The van der Waals surface area contributed by atoms with Crippen LogP contribution in [0.1, 0.15) is 0 Å². The van der Waals surface area contributed by atoms with E-state index in [0.717, 1.165) is 30.3 Å². The molecule has 0 radical (unpaired) electrons. The summed E-state index contributed by atoms with van der Waals surface area (Å²) in [4.78, 5) is -2.41. The van der Waals surface area contributed by atoms with E-state index in [1.807, 2.05) is 0 Å². The summed E-state index contributed by atoms with van der Waals surface area (Å²) in [6.07, 6.45) is 0. The normalized spacial score (nSPS) is 13.1. The maximum Gasteiger partial charge on any atom is 0.296 e. The number of phenolic OH excluding ortho intramolecular Hbond substituents is 1. The van der Waals surface area contributed by atoms with Gasteiger partial charge in [-0.15, -0.1) is 10.2 Å². The second-order valence-corrected chi connectivity index (χ2v) is 10.5. The maximum atomic E-state index is 11.9. The third-order valence-corrected chi connectivity index (χ3v) is 6.73. The Kier molecular flexibility index (Phi) is 5.71. The molecular formula is C16H13N3O10S3. The molecule has 0 aliphatic rings. The van der Waals surface area contributed by atoms with Crippen molar-refractivity contribution < 1.29 is 44.0 Å². The van der Waals surface area contributed by atoms with Crippen LogP contribution in [0.5, 0.6) is 5.75 Å². The van der Waals surface area contributed by atoms with E-state index in [9.17, 15) is 44.0 Å². The van der Waals surface area contributed by atoms with Crippen LogP contribution in [-0.2, 0) is 30.4 Å². The minimum atomic E-state index is -5.09. The minimum absolute atomic E-state index is 0.290. The molecule has 170 valence electrons. The van der Waals surface area contributed by atoms with Crippen molar-refractivity contribution in [2.45, 2.75) is 14.7 Å². The second kappa shape index (κ2) is 7.76. The van der Waals surface area contributed by atoms with E-state index in [2.05, 4.69) is 10.2 Å². The van der Waals surface area contributed by atoms with Crippen LogP contribution >= 0.6 is 0 Å². The highest BCUT2D eigenvalue weighted by Crippen LogP contribution is 2.44. The Balaban J connectivity index is 2.37. The zero-order valence-corrected chi connectivity index (χ0v) is 17.9. The zero-order valence-electron chi connectivity index (χ0n) is 15.5. The van der Waals surface area contributed by atoms with Gasteiger partial charge in [0.15, 0.2) is 5.75 Å². The molecule has 0 aliphatic heterocycles. The zero-order chi connectivity index (χ0) is 24.1. The number of aromatic hydroxyl groups is 1. The first-order chi connectivity index (χ1) is 14.6. The summed E-state index contributed by atoms with van der Waals surface area (Å²) in [6.45, 7) is 0. The first-order valence-corrected chi connectivity index (χ1v) is 12.4. The van der Waals surface area contributed by atoms with Crippen LogP contribution in [0, 0.1) is 0 Å². The van der Waals surface area contributed by atoms with Crippen molar-refractivity contribution in [2.24, 2.45) is 10.2 Å². The number of azo groups is 1. The summed E-state index contributed by atoms with van der Waals surface area (Å²) in [6, 6.07) is 7.02. The second-order valence-electron chi connectivity index (χ2n) is 6.28. The van der Waals surface area contributed by atoms with Crippen LogP contribution in [0.3, 0.4) is 0 Å². The standard InChI is InChI=1S/C16H13N3O10S3/c17-10-7-9(30(21,22)23)5-8-6-13(32(27,28)29)15(16(20)14(8)10)19-18-11-3-1-2-4-12(11)31(24,25)26/h1-7,20H,17H2,(H,21,22,23)(H,24,25,26)(H,27,28,29). The highest BCUT2D eigenvalue weighted by molar-refractivity contribution is 7.86. The van der Waals surface area contributed by atoms with Gasteiger partial charge in [-0.2, -0.15) is 25.3 Å². The summed E-state index contributed by atoms with van der Waals surface area (Å²) < 4.78 is 97.5. The Hall–Kier alpha value is -3.15. The fourth-order valence-corrected chi connectivity index (χ4v) is 4.63. The van der Waals surface area contributed by atoms with E-state index in [1.54, 1.807) is 0 Å². The lowest BCUT2D eigenvalue weighted by atomic mass is 10.1. The van der Waals surface area contributed by atoms with E-state index in [1.165, 1.54) is 12.1 Å².